The number of unbranched alkanes of at least 4 members (excludes halogenated alkanes) is 2. The summed E-state index contributed by atoms with van der Waals surface area (Å²) in [6, 6.07) is 0. The Bertz CT molecular complexity index is 153. The summed E-state index contributed by atoms with van der Waals surface area (Å²) < 4.78 is 5.88. The summed E-state index contributed by atoms with van der Waals surface area (Å²) in [7, 11) is 0. The van der Waals surface area contributed by atoms with Gasteiger partial charge in [-0.05, 0) is 44.6 Å². The van der Waals surface area contributed by atoms with Crippen LogP contribution in [0.25, 0.3) is 0 Å². The van der Waals surface area contributed by atoms with Gasteiger partial charge in [0.2, 0.25) is 0 Å². The van der Waals surface area contributed by atoms with Crippen LogP contribution in [0.3, 0.4) is 0 Å². The lowest BCUT2D eigenvalue weighted by molar-refractivity contribution is 0.0217. The predicted octanol–water partition coefficient (Wildman–Crippen LogP) is 3.36. The van der Waals surface area contributed by atoms with Gasteiger partial charge in [-0.3, -0.25) is 0 Å². The second kappa shape index (κ2) is 9.00. The molecule has 0 spiro atoms. The molecule has 0 amide bonds. The van der Waals surface area contributed by atoms with Crippen molar-refractivity contribution in [2.45, 2.75) is 64.9 Å². The number of hydrogen-bond acceptors (Lipinski definition) is 2. The molecule has 16 heavy (non-hydrogen) atoms. The molecular weight excluding hydrogens is 198 g/mol. The van der Waals surface area contributed by atoms with Gasteiger partial charge in [0, 0.05) is 6.54 Å². The maximum atomic E-state index is 5.88. The van der Waals surface area contributed by atoms with Crippen molar-refractivity contribution >= 4 is 0 Å². The molecule has 1 aliphatic carbocycles. The third-order valence-electron chi connectivity index (χ3n) is 3.55. The molecule has 2 heteroatoms. The Labute approximate surface area is 101 Å². The van der Waals surface area contributed by atoms with Crippen LogP contribution in [-0.2, 0) is 4.74 Å². The zero-order valence-corrected chi connectivity index (χ0v) is 11.1. The molecule has 1 rings (SSSR count). The van der Waals surface area contributed by atoms with E-state index >= 15 is 0 Å². The lowest BCUT2D eigenvalue weighted by Crippen LogP contribution is -2.26. The van der Waals surface area contributed by atoms with Gasteiger partial charge in [0.1, 0.15) is 0 Å². The molecule has 1 aliphatic rings. The van der Waals surface area contributed by atoms with Crippen LogP contribution in [0.4, 0.5) is 0 Å². The van der Waals surface area contributed by atoms with E-state index in [1.54, 1.807) is 0 Å². The van der Waals surface area contributed by atoms with Crippen LogP contribution < -0.4 is 5.32 Å². The highest BCUT2D eigenvalue weighted by atomic mass is 16.5. The first-order valence-corrected chi connectivity index (χ1v) is 7.15. The van der Waals surface area contributed by atoms with E-state index in [1.807, 2.05) is 0 Å². The highest BCUT2D eigenvalue weighted by molar-refractivity contribution is 4.69. The molecule has 0 aromatic rings. The van der Waals surface area contributed by atoms with E-state index in [1.165, 1.54) is 44.9 Å². The minimum absolute atomic E-state index is 0.550. The first-order valence-electron chi connectivity index (χ1n) is 7.15. The Balaban J connectivity index is 1.84. The summed E-state index contributed by atoms with van der Waals surface area (Å²) in [5.74, 6) is 0.923. The first-order chi connectivity index (χ1) is 7.83. The fourth-order valence-electron chi connectivity index (χ4n) is 2.32. The number of ether oxygens (including phenoxy) is 1. The van der Waals surface area contributed by atoms with Crippen LogP contribution in [0.2, 0.25) is 0 Å². The van der Waals surface area contributed by atoms with E-state index in [0.29, 0.717) is 6.10 Å². The van der Waals surface area contributed by atoms with E-state index in [4.69, 9.17) is 4.74 Å². The summed E-state index contributed by atoms with van der Waals surface area (Å²) in [5, 5.41) is 3.44. The van der Waals surface area contributed by atoms with Crippen LogP contribution in [0.15, 0.2) is 0 Å². The quantitative estimate of drug-likeness (QED) is 0.642. The highest BCUT2D eigenvalue weighted by Gasteiger charge is 2.17. The maximum Gasteiger partial charge on any atom is 0.0594 e. The molecule has 0 heterocycles. The molecule has 0 saturated heterocycles. The Hall–Kier alpha value is -0.0800. The summed E-state index contributed by atoms with van der Waals surface area (Å²) in [6.07, 6.45) is 9.76. The van der Waals surface area contributed by atoms with E-state index in [0.717, 1.165) is 25.6 Å². The second-order valence-corrected chi connectivity index (χ2v) is 5.21. The number of nitrogens with one attached hydrogen (secondary N) is 1. The monoisotopic (exact) mass is 227 g/mol. The number of hydrogen-bond donors (Lipinski definition) is 1. The van der Waals surface area contributed by atoms with Crippen LogP contribution >= 0.6 is 0 Å². The molecule has 0 aromatic heterocycles. The van der Waals surface area contributed by atoms with Gasteiger partial charge in [-0.1, -0.05) is 26.7 Å². The van der Waals surface area contributed by atoms with Crippen LogP contribution in [-0.4, -0.2) is 25.8 Å². The van der Waals surface area contributed by atoms with Crippen molar-refractivity contribution in [3.8, 4) is 0 Å². The lowest BCUT2D eigenvalue weighted by atomic mass is 9.89. The summed E-state index contributed by atoms with van der Waals surface area (Å²) in [4.78, 5) is 0. The van der Waals surface area contributed by atoms with Gasteiger partial charge in [0.05, 0.1) is 12.7 Å². The lowest BCUT2D eigenvalue weighted by Gasteiger charge is -2.26. The molecule has 0 aliphatic heterocycles. The Morgan fingerprint density at radius 1 is 1.06 bits per heavy atom. The molecule has 96 valence electrons. The summed E-state index contributed by atoms with van der Waals surface area (Å²) in [5.41, 5.74) is 0. The average molecular weight is 227 g/mol. The molecule has 0 unspecified atom stereocenters. The SMILES string of the molecule is CCCCCNCCOC1CCC(C)CC1. The van der Waals surface area contributed by atoms with Gasteiger partial charge in [0.15, 0.2) is 0 Å². The molecule has 0 atom stereocenters. The standard InChI is InChI=1S/C14H29NO/c1-3-4-5-10-15-11-12-16-14-8-6-13(2)7-9-14/h13-15H,3-12H2,1-2H3. The predicted molar refractivity (Wildman–Crippen MR) is 69.8 cm³/mol. The summed E-state index contributed by atoms with van der Waals surface area (Å²) >= 11 is 0. The van der Waals surface area contributed by atoms with Gasteiger partial charge >= 0.3 is 0 Å². The van der Waals surface area contributed by atoms with E-state index in [-0.39, 0.29) is 0 Å². The Kier molecular flexibility index (Phi) is 7.87. The molecule has 2 nitrogen and oxygen atoms in total. The summed E-state index contributed by atoms with van der Waals surface area (Å²) in [6.45, 7) is 7.67. The minimum Gasteiger partial charge on any atom is -0.377 e. The topological polar surface area (TPSA) is 21.3 Å². The molecule has 0 aromatic carbocycles. The van der Waals surface area contributed by atoms with Crippen molar-refractivity contribution in [1.29, 1.82) is 0 Å². The van der Waals surface area contributed by atoms with Crippen LogP contribution in [0.5, 0.6) is 0 Å². The average Bonchev–Trinajstić information content (AvgIpc) is 2.30. The van der Waals surface area contributed by atoms with Crippen molar-refractivity contribution in [3.05, 3.63) is 0 Å². The highest BCUT2D eigenvalue weighted by Crippen LogP contribution is 2.25. The van der Waals surface area contributed by atoms with E-state index < -0.39 is 0 Å². The molecule has 1 saturated carbocycles. The largest absolute Gasteiger partial charge is 0.377 e. The Morgan fingerprint density at radius 3 is 2.50 bits per heavy atom. The van der Waals surface area contributed by atoms with Crippen molar-refractivity contribution in [2.24, 2.45) is 5.92 Å². The van der Waals surface area contributed by atoms with Gasteiger partial charge in [-0.15, -0.1) is 0 Å². The molecule has 0 radical (unpaired) electrons. The minimum atomic E-state index is 0.550. The Morgan fingerprint density at radius 2 is 1.81 bits per heavy atom. The molecule has 1 N–H and O–H groups in total. The van der Waals surface area contributed by atoms with Gasteiger partial charge in [0.25, 0.3) is 0 Å². The van der Waals surface area contributed by atoms with Gasteiger partial charge < -0.3 is 10.1 Å². The molecule has 0 bridgehead atoms. The smallest absolute Gasteiger partial charge is 0.0594 e. The van der Waals surface area contributed by atoms with E-state index in [2.05, 4.69) is 19.2 Å². The van der Waals surface area contributed by atoms with Crippen LogP contribution in [0.1, 0.15) is 58.8 Å². The van der Waals surface area contributed by atoms with Crippen molar-refractivity contribution in [2.75, 3.05) is 19.7 Å². The third-order valence-corrected chi connectivity index (χ3v) is 3.55. The molecular formula is C14H29NO. The third kappa shape index (κ3) is 6.49. The van der Waals surface area contributed by atoms with Gasteiger partial charge in [-0.2, -0.15) is 0 Å². The van der Waals surface area contributed by atoms with Crippen LogP contribution in [0, 0.1) is 5.92 Å². The second-order valence-electron chi connectivity index (χ2n) is 5.21. The fourth-order valence-corrected chi connectivity index (χ4v) is 2.32. The van der Waals surface area contributed by atoms with Crippen molar-refractivity contribution < 1.29 is 4.74 Å². The number of rotatable bonds is 8. The normalized spacial score (nSPS) is 25.9. The van der Waals surface area contributed by atoms with E-state index in [9.17, 15) is 0 Å². The fraction of sp³-hybridized carbons (Fsp3) is 1.00. The first kappa shape index (κ1) is 14.0. The maximum absolute atomic E-state index is 5.88. The van der Waals surface area contributed by atoms with Crippen molar-refractivity contribution in [3.63, 3.8) is 0 Å². The zero-order valence-electron chi connectivity index (χ0n) is 11.1. The van der Waals surface area contributed by atoms with Gasteiger partial charge in [-0.25, -0.2) is 0 Å². The zero-order chi connectivity index (χ0) is 11.6. The molecule has 1 fully saturated rings. The van der Waals surface area contributed by atoms with Crippen molar-refractivity contribution in [1.82, 2.24) is 5.32 Å².